The summed E-state index contributed by atoms with van der Waals surface area (Å²) in [6.07, 6.45) is 3.89. The predicted octanol–water partition coefficient (Wildman–Crippen LogP) is 2.85. The van der Waals surface area contributed by atoms with Crippen LogP contribution in [-0.4, -0.2) is 15.0 Å². The molecule has 0 saturated heterocycles. The van der Waals surface area contributed by atoms with E-state index in [4.69, 9.17) is 5.73 Å². The van der Waals surface area contributed by atoms with Gasteiger partial charge in [-0.15, -0.1) is 0 Å². The number of benzene rings is 1. The maximum Gasteiger partial charge on any atom is 0.228 e. The fraction of sp³-hybridized carbons (Fsp3) is 0.471. The molecule has 0 unspecified atom stereocenters. The van der Waals surface area contributed by atoms with Gasteiger partial charge < -0.3 is 11.1 Å². The topological polar surface area (TPSA) is 76.7 Å². The lowest BCUT2D eigenvalue weighted by Crippen LogP contribution is -2.30. The molecular weight excluding hydrogens is 274 g/mol. The number of nitrogens with two attached hydrogens (primary N) is 1. The number of nitrogen functional groups attached to an aromatic ring is 1. The summed E-state index contributed by atoms with van der Waals surface area (Å²) in [6.45, 7) is 6.41. The molecule has 0 aliphatic heterocycles. The first-order chi connectivity index (χ1) is 10.5. The molecule has 1 aromatic carbocycles. The number of anilines is 2. The van der Waals surface area contributed by atoms with Crippen molar-refractivity contribution in [1.29, 1.82) is 0 Å². The van der Waals surface area contributed by atoms with E-state index in [-0.39, 0.29) is 11.5 Å². The van der Waals surface area contributed by atoms with Crippen LogP contribution in [0.15, 0.2) is 18.2 Å². The first-order valence-electron chi connectivity index (χ1n) is 7.95. The maximum atomic E-state index is 5.79. The number of nitrogens with zero attached hydrogens (tertiary/aromatic N) is 3. The molecule has 0 radical (unpaired) electrons. The predicted molar refractivity (Wildman–Crippen MR) is 88.7 cm³/mol. The van der Waals surface area contributed by atoms with Crippen molar-refractivity contribution in [3.63, 3.8) is 0 Å². The Morgan fingerprint density at radius 3 is 2.73 bits per heavy atom. The highest BCUT2D eigenvalue weighted by Crippen LogP contribution is 2.39. The second-order valence-electron chi connectivity index (χ2n) is 6.09. The molecule has 1 aromatic heterocycles. The highest BCUT2D eigenvalue weighted by Gasteiger charge is 2.35. The van der Waals surface area contributed by atoms with Crippen molar-refractivity contribution in [2.24, 2.45) is 0 Å². The van der Waals surface area contributed by atoms with E-state index in [0.717, 1.165) is 31.5 Å². The average Bonchev–Trinajstić information content (AvgIpc) is 2.83. The van der Waals surface area contributed by atoms with E-state index in [9.17, 15) is 0 Å². The van der Waals surface area contributed by atoms with Gasteiger partial charge >= 0.3 is 0 Å². The van der Waals surface area contributed by atoms with Gasteiger partial charge in [0, 0.05) is 6.42 Å². The van der Waals surface area contributed by atoms with Crippen LogP contribution in [0.3, 0.4) is 0 Å². The highest BCUT2D eigenvalue weighted by molar-refractivity contribution is 5.47. The van der Waals surface area contributed by atoms with Gasteiger partial charge in [0.05, 0.1) is 5.54 Å². The second-order valence-corrected chi connectivity index (χ2v) is 6.09. The van der Waals surface area contributed by atoms with Gasteiger partial charge in [-0.25, -0.2) is 0 Å². The van der Waals surface area contributed by atoms with Gasteiger partial charge in [-0.1, -0.05) is 32.0 Å². The van der Waals surface area contributed by atoms with Gasteiger partial charge in [0.2, 0.25) is 11.9 Å². The summed E-state index contributed by atoms with van der Waals surface area (Å²) >= 11 is 0. The fourth-order valence-corrected chi connectivity index (χ4v) is 3.12. The smallest absolute Gasteiger partial charge is 0.228 e. The Balaban J connectivity index is 1.95. The molecule has 116 valence electrons. The Morgan fingerprint density at radius 1 is 1.18 bits per heavy atom. The number of aryl methyl sites for hydroxylation is 3. The average molecular weight is 297 g/mol. The third-order valence-electron chi connectivity index (χ3n) is 4.47. The molecule has 22 heavy (non-hydrogen) atoms. The zero-order chi connectivity index (χ0) is 15.7. The summed E-state index contributed by atoms with van der Waals surface area (Å²) in [5.74, 6) is 1.57. The molecule has 0 amide bonds. The normalized spacial score (nSPS) is 20.0. The van der Waals surface area contributed by atoms with Crippen LogP contribution < -0.4 is 11.1 Å². The third kappa shape index (κ3) is 2.63. The molecule has 0 fully saturated rings. The first kappa shape index (κ1) is 14.8. The molecule has 2 aromatic rings. The van der Waals surface area contributed by atoms with E-state index in [0.29, 0.717) is 5.95 Å². The van der Waals surface area contributed by atoms with E-state index in [1.54, 1.807) is 0 Å². The van der Waals surface area contributed by atoms with Crippen LogP contribution in [0, 0.1) is 0 Å². The summed E-state index contributed by atoms with van der Waals surface area (Å²) in [4.78, 5) is 12.9. The zero-order valence-electron chi connectivity index (χ0n) is 13.5. The van der Waals surface area contributed by atoms with Crippen LogP contribution in [-0.2, 0) is 24.8 Å². The summed E-state index contributed by atoms with van der Waals surface area (Å²) in [5, 5.41) is 3.50. The summed E-state index contributed by atoms with van der Waals surface area (Å²) in [7, 11) is 0. The van der Waals surface area contributed by atoms with E-state index >= 15 is 0 Å². The quantitative estimate of drug-likeness (QED) is 0.907. The largest absolute Gasteiger partial charge is 0.368 e. The van der Waals surface area contributed by atoms with Gasteiger partial charge in [0.1, 0.15) is 5.82 Å². The Kier molecular flexibility index (Phi) is 3.72. The SMILES string of the molecule is CCc1ccc2c(c1)[C@](C)(Nc1nc(N)nc(CC)n1)CC2. The number of aromatic nitrogens is 3. The van der Waals surface area contributed by atoms with E-state index in [1.165, 1.54) is 16.7 Å². The van der Waals surface area contributed by atoms with Crippen LogP contribution >= 0.6 is 0 Å². The summed E-state index contributed by atoms with van der Waals surface area (Å²) in [5.41, 5.74) is 9.75. The highest BCUT2D eigenvalue weighted by atomic mass is 15.2. The van der Waals surface area contributed by atoms with Crippen LogP contribution in [0.4, 0.5) is 11.9 Å². The lowest BCUT2D eigenvalue weighted by Gasteiger charge is -2.27. The second kappa shape index (κ2) is 5.55. The third-order valence-corrected chi connectivity index (χ3v) is 4.47. The summed E-state index contributed by atoms with van der Waals surface area (Å²) in [6, 6.07) is 6.78. The molecule has 0 spiro atoms. The van der Waals surface area contributed by atoms with Crippen LogP contribution in [0.1, 0.15) is 49.7 Å². The van der Waals surface area contributed by atoms with E-state index in [2.05, 4.69) is 52.3 Å². The Morgan fingerprint density at radius 2 is 2.00 bits per heavy atom. The molecular formula is C17H23N5. The Hall–Kier alpha value is -2.17. The molecule has 0 saturated carbocycles. The van der Waals surface area contributed by atoms with Crippen LogP contribution in [0.25, 0.3) is 0 Å². The van der Waals surface area contributed by atoms with E-state index < -0.39 is 0 Å². The summed E-state index contributed by atoms with van der Waals surface area (Å²) < 4.78 is 0. The maximum absolute atomic E-state index is 5.79. The standard InChI is InChI=1S/C17H23N5/c1-4-11-6-7-12-8-9-17(3,13(12)10-11)22-16-20-14(5-2)19-15(18)21-16/h6-7,10H,4-5,8-9H2,1-3H3,(H3,18,19,20,21,22)/t17-/m1/s1. The number of hydrogen-bond acceptors (Lipinski definition) is 5. The Bertz CT molecular complexity index is 697. The molecule has 1 atom stereocenters. The van der Waals surface area contributed by atoms with Gasteiger partial charge in [-0.3, -0.25) is 0 Å². The molecule has 3 N–H and O–H groups in total. The molecule has 1 aliphatic carbocycles. The van der Waals surface area contributed by atoms with Gasteiger partial charge in [-0.05, 0) is 42.9 Å². The van der Waals surface area contributed by atoms with Gasteiger partial charge in [0.25, 0.3) is 0 Å². The molecule has 1 heterocycles. The van der Waals surface area contributed by atoms with Crippen molar-refractivity contribution < 1.29 is 0 Å². The zero-order valence-corrected chi connectivity index (χ0v) is 13.5. The van der Waals surface area contributed by atoms with Crippen LogP contribution in [0.5, 0.6) is 0 Å². The number of nitrogens with one attached hydrogen (secondary N) is 1. The minimum atomic E-state index is -0.153. The number of hydrogen-bond donors (Lipinski definition) is 2. The molecule has 3 rings (SSSR count). The molecule has 1 aliphatic rings. The van der Waals surface area contributed by atoms with Crippen LogP contribution in [0.2, 0.25) is 0 Å². The molecule has 5 heteroatoms. The Labute approximate surface area is 131 Å². The van der Waals surface area contributed by atoms with Crippen molar-refractivity contribution in [2.75, 3.05) is 11.1 Å². The number of rotatable bonds is 4. The van der Waals surface area contributed by atoms with Gasteiger partial charge in [0.15, 0.2) is 0 Å². The van der Waals surface area contributed by atoms with E-state index in [1.807, 2.05) is 6.92 Å². The van der Waals surface area contributed by atoms with Crippen molar-refractivity contribution >= 4 is 11.9 Å². The first-order valence-corrected chi connectivity index (χ1v) is 7.95. The number of fused-ring (bicyclic) bond motifs is 1. The van der Waals surface area contributed by atoms with Gasteiger partial charge in [-0.2, -0.15) is 15.0 Å². The fourth-order valence-electron chi connectivity index (χ4n) is 3.12. The minimum Gasteiger partial charge on any atom is -0.368 e. The molecule has 5 nitrogen and oxygen atoms in total. The van der Waals surface area contributed by atoms with Crippen molar-refractivity contribution in [2.45, 2.75) is 52.0 Å². The lowest BCUT2D eigenvalue weighted by molar-refractivity contribution is 0.533. The van der Waals surface area contributed by atoms with Crippen molar-refractivity contribution in [3.8, 4) is 0 Å². The molecule has 0 bridgehead atoms. The monoisotopic (exact) mass is 297 g/mol. The lowest BCUT2D eigenvalue weighted by atomic mass is 9.92. The van der Waals surface area contributed by atoms with Crippen molar-refractivity contribution in [3.05, 3.63) is 40.7 Å². The van der Waals surface area contributed by atoms with Crippen molar-refractivity contribution in [1.82, 2.24) is 15.0 Å². The minimum absolute atomic E-state index is 0.153.